The van der Waals surface area contributed by atoms with Crippen LogP contribution in [0.25, 0.3) is 0 Å². The number of aldehydes is 1. The Morgan fingerprint density at radius 1 is 1.30 bits per heavy atom. The summed E-state index contributed by atoms with van der Waals surface area (Å²) in [5, 5.41) is 11.0. The lowest BCUT2D eigenvalue weighted by Crippen LogP contribution is -2.23. The summed E-state index contributed by atoms with van der Waals surface area (Å²) in [6, 6.07) is 7.68. The van der Waals surface area contributed by atoms with Gasteiger partial charge in [0, 0.05) is 28.8 Å². The zero-order valence-corrected chi connectivity index (χ0v) is 15.7. The van der Waals surface area contributed by atoms with Gasteiger partial charge in [0.05, 0.1) is 11.0 Å². The number of rotatable bonds is 5. The highest BCUT2D eigenvalue weighted by molar-refractivity contribution is 14.1. The molecule has 0 saturated carbocycles. The van der Waals surface area contributed by atoms with E-state index >= 15 is 0 Å². The van der Waals surface area contributed by atoms with Gasteiger partial charge in [-0.05, 0) is 51.4 Å². The molecule has 0 radical (unpaired) electrons. The van der Waals surface area contributed by atoms with Crippen LogP contribution in [0.5, 0.6) is 5.75 Å². The third kappa shape index (κ3) is 4.38. The highest BCUT2D eigenvalue weighted by Crippen LogP contribution is 2.39. The number of nitro benzene ring substituents is 1. The molecule has 2 aromatic rings. The van der Waals surface area contributed by atoms with Gasteiger partial charge in [0.25, 0.3) is 5.69 Å². The van der Waals surface area contributed by atoms with Gasteiger partial charge in [-0.1, -0.05) is 12.1 Å². The maximum atomic E-state index is 12.2. The molecule has 0 aliphatic carbocycles. The molecule has 0 bridgehead atoms. The predicted molar refractivity (Wildman–Crippen MR) is 97.0 cm³/mol. The van der Waals surface area contributed by atoms with Crippen LogP contribution >= 0.6 is 22.6 Å². The van der Waals surface area contributed by atoms with Crippen molar-refractivity contribution in [3.8, 4) is 5.75 Å². The number of carbonyl (C=O) groups excluding carboxylic acids is 1. The number of fused-ring (bicyclic) bond motifs is 1. The first-order valence-corrected chi connectivity index (χ1v) is 8.76. The molecule has 0 spiro atoms. The van der Waals surface area contributed by atoms with Crippen molar-refractivity contribution >= 4 is 34.6 Å². The smallest absolute Gasteiger partial charge is 0.406 e. The molecule has 0 amide bonds. The summed E-state index contributed by atoms with van der Waals surface area (Å²) < 4.78 is 41.1. The fraction of sp³-hybridized carbons (Fsp3) is 0.235. The predicted octanol–water partition coefficient (Wildman–Crippen LogP) is 4.35. The van der Waals surface area contributed by atoms with Gasteiger partial charge in [-0.3, -0.25) is 15.0 Å². The van der Waals surface area contributed by atoms with Crippen LogP contribution in [0.3, 0.4) is 0 Å². The van der Waals surface area contributed by atoms with Gasteiger partial charge in [-0.15, -0.1) is 13.2 Å². The molecule has 142 valence electrons. The number of carbonyl (C=O) groups is 1. The minimum atomic E-state index is -4.76. The summed E-state index contributed by atoms with van der Waals surface area (Å²) in [4.78, 5) is 24.0. The molecular formula is C17H12F3IN2O4. The first-order chi connectivity index (χ1) is 12.7. The Morgan fingerprint density at radius 2 is 1.96 bits per heavy atom. The Labute approximate surface area is 165 Å². The Bertz CT molecular complexity index is 887. The van der Waals surface area contributed by atoms with Crippen molar-refractivity contribution in [1.29, 1.82) is 0 Å². The lowest BCUT2D eigenvalue weighted by Gasteiger charge is -2.21. The quantitative estimate of drug-likeness (QED) is 0.269. The normalized spacial score (nSPS) is 16.8. The number of nitro groups is 1. The molecule has 0 fully saturated rings. The highest BCUT2D eigenvalue weighted by atomic mass is 127. The molecule has 0 N–H and O–H groups in total. The fourth-order valence-corrected chi connectivity index (χ4v) is 4.05. The minimum Gasteiger partial charge on any atom is -0.406 e. The van der Waals surface area contributed by atoms with E-state index in [0.717, 1.165) is 11.8 Å². The molecule has 1 aliphatic heterocycles. The number of halogens is 4. The average molecular weight is 492 g/mol. The summed E-state index contributed by atoms with van der Waals surface area (Å²) in [5.41, 5.74) is 2.07. The number of alkyl halides is 3. The molecule has 1 aliphatic rings. The fourth-order valence-electron chi connectivity index (χ4n) is 3.07. The SMILES string of the molecule is O=CC1c2c(I)cc([N+](=O)[O-])cc2CN1Cc1ccc(OC(F)(F)F)cc1. The maximum Gasteiger partial charge on any atom is 0.573 e. The number of non-ortho nitro benzene ring substituents is 1. The van der Waals surface area contributed by atoms with E-state index in [1.807, 2.05) is 27.5 Å². The van der Waals surface area contributed by atoms with Crippen molar-refractivity contribution in [2.75, 3.05) is 0 Å². The number of ether oxygens (including phenoxy) is 1. The van der Waals surface area contributed by atoms with Crippen molar-refractivity contribution in [2.45, 2.75) is 25.5 Å². The van der Waals surface area contributed by atoms with Gasteiger partial charge in [-0.25, -0.2) is 0 Å². The first kappa shape index (κ1) is 19.5. The van der Waals surface area contributed by atoms with Gasteiger partial charge >= 0.3 is 6.36 Å². The zero-order chi connectivity index (χ0) is 19.8. The van der Waals surface area contributed by atoms with Crippen LogP contribution in [0.1, 0.15) is 22.7 Å². The van der Waals surface area contributed by atoms with Gasteiger partial charge in [0.15, 0.2) is 0 Å². The highest BCUT2D eigenvalue weighted by Gasteiger charge is 2.34. The molecule has 1 unspecified atom stereocenters. The molecule has 0 saturated heterocycles. The molecule has 6 nitrogen and oxygen atoms in total. The third-order valence-electron chi connectivity index (χ3n) is 4.14. The monoisotopic (exact) mass is 492 g/mol. The van der Waals surface area contributed by atoms with Gasteiger partial charge < -0.3 is 9.53 Å². The van der Waals surface area contributed by atoms with Crippen LogP contribution in [0, 0.1) is 13.7 Å². The molecule has 3 rings (SSSR count). The Kier molecular flexibility index (Phi) is 5.38. The Balaban J connectivity index is 1.80. The van der Waals surface area contributed by atoms with Crippen LogP contribution in [0.4, 0.5) is 18.9 Å². The van der Waals surface area contributed by atoms with Crippen LogP contribution in [0.2, 0.25) is 0 Å². The second kappa shape index (κ2) is 7.43. The van der Waals surface area contributed by atoms with Crippen molar-refractivity contribution in [2.24, 2.45) is 0 Å². The van der Waals surface area contributed by atoms with E-state index in [-0.39, 0.29) is 11.4 Å². The van der Waals surface area contributed by atoms with E-state index in [9.17, 15) is 28.1 Å². The average Bonchev–Trinajstić information content (AvgIpc) is 2.92. The molecule has 0 aromatic heterocycles. The lowest BCUT2D eigenvalue weighted by molar-refractivity contribution is -0.385. The number of hydrogen-bond acceptors (Lipinski definition) is 5. The van der Waals surface area contributed by atoms with E-state index in [1.165, 1.54) is 36.4 Å². The number of benzene rings is 2. The molecule has 1 heterocycles. The van der Waals surface area contributed by atoms with Crippen LogP contribution < -0.4 is 4.74 Å². The van der Waals surface area contributed by atoms with Gasteiger partial charge in [-0.2, -0.15) is 0 Å². The zero-order valence-electron chi connectivity index (χ0n) is 13.6. The summed E-state index contributed by atoms with van der Waals surface area (Å²) in [7, 11) is 0. The topological polar surface area (TPSA) is 72.7 Å². The number of hydrogen-bond donors (Lipinski definition) is 0. The van der Waals surface area contributed by atoms with E-state index in [1.54, 1.807) is 0 Å². The maximum absolute atomic E-state index is 12.2. The summed E-state index contributed by atoms with van der Waals surface area (Å²) in [6.45, 7) is 0.630. The van der Waals surface area contributed by atoms with E-state index < -0.39 is 17.3 Å². The molecule has 2 aromatic carbocycles. The minimum absolute atomic E-state index is 0.0432. The molecule has 27 heavy (non-hydrogen) atoms. The van der Waals surface area contributed by atoms with Crippen molar-refractivity contribution in [1.82, 2.24) is 4.90 Å². The Hall–Kier alpha value is -2.21. The van der Waals surface area contributed by atoms with Gasteiger partial charge in [0.2, 0.25) is 0 Å². The largest absolute Gasteiger partial charge is 0.573 e. The van der Waals surface area contributed by atoms with E-state index in [2.05, 4.69) is 4.74 Å². The second-order valence-corrected chi connectivity index (χ2v) is 7.10. The standard InChI is InChI=1S/C17H12F3IN2O4/c18-17(19,20)27-13-3-1-10(2-4-13)7-22-8-11-5-12(23(25)26)6-14(21)16(11)15(22)9-24/h1-6,9,15H,7-8H2. The first-order valence-electron chi connectivity index (χ1n) is 7.68. The Morgan fingerprint density at radius 3 is 2.52 bits per heavy atom. The van der Waals surface area contributed by atoms with Gasteiger partial charge in [0.1, 0.15) is 12.0 Å². The van der Waals surface area contributed by atoms with Crippen LogP contribution in [0.15, 0.2) is 36.4 Å². The summed E-state index contributed by atoms with van der Waals surface area (Å²) in [6.07, 6.45) is -3.99. The summed E-state index contributed by atoms with van der Waals surface area (Å²) in [5.74, 6) is -0.326. The summed E-state index contributed by atoms with van der Waals surface area (Å²) >= 11 is 1.97. The van der Waals surface area contributed by atoms with Crippen LogP contribution in [-0.2, 0) is 17.9 Å². The second-order valence-electron chi connectivity index (χ2n) is 5.94. The number of nitrogens with zero attached hydrogens (tertiary/aromatic N) is 2. The molecular weight excluding hydrogens is 480 g/mol. The van der Waals surface area contributed by atoms with E-state index in [0.29, 0.717) is 27.8 Å². The third-order valence-corrected chi connectivity index (χ3v) is 5.04. The van der Waals surface area contributed by atoms with Crippen molar-refractivity contribution < 1.29 is 27.6 Å². The van der Waals surface area contributed by atoms with E-state index in [4.69, 9.17) is 0 Å². The van der Waals surface area contributed by atoms with Crippen molar-refractivity contribution in [3.05, 3.63) is 66.8 Å². The van der Waals surface area contributed by atoms with Crippen LogP contribution in [-0.4, -0.2) is 22.5 Å². The lowest BCUT2D eigenvalue weighted by atomic mass is 10.0. The van der Waals surface area contributed by atoms with Crippen molar-refractivity contribution in [3.63, 3.8) is 0 Å². The molecule has 10 heteroatoms. The molecule has 1 atom stereocenters.